The van der Waals surface area contributed by atoms with E-state index in [2.05, 4.69) is 0 Å². The summed E-state index contributed by atoms with van der Waals surface area (Å²) in [6.07, 6.45) is 3.50. The number of hydrogen-bond donors (Lipinski definition) is 0. The maximum absolute atomic E-state index is 11.8. The van der Waals surface area contributed by atoms with Crippen molar-refractivity contribution in [1.82, 2.24) is 0 Å². The van der Waals surface area contributed by atoms with Crippen molar-refractivity contribution in [2.24, 2.45) is 17.3 Å². The van der Waals surface area contributed by atoms with Crippen LogP contribution < -0.4 is 0 Å². The first-order valence-corrected chi connectivity index (χ1v) is 4.92. The highest BCUT2D eigenvalue weighted by atomic mass is 16.5. The highest BCUT2D eigenvalue weighted by molar-refractivity contribution is 5.95. The van der Waals surface area contributed by atoms with Gasteiger partial charge in [-0.25, -0.2) is 0 Å². The molecular weight excluding hydrogens is 168 g/mol. The molecule has 2 aliphatic carbocycles. The van der Waals surface area contributed by atoms with Crippen molar-refractivity contribution in [2.75, 3.05) is 6.61 Å². The van der Waals surface area contributed by atoms with Crippen molar-refractivity contribution in [3.05, 3.63) is 0 Å². The third-order valence-electron chi connectivity index (χ3n) is 3.97. The van der Waals surface area contributed by atoms with Gasteiger partial charge in [-0.3, -0.25) is 9.59 Å². The molecule has 3 atom stereocenters. The Balaban J connectivity index is 2.06. The molecule has 3 heteroatoms. The topological polar surface area (TPSA) is 43.4 Å². The molecule has 13 heavy (non-hydrogen) atoms. The average Bonchev–Trinajstić information content (AvgIpc) is 2.56. The minimum atomic E-state index is -0.375. The number of hydrogen-bond acceptors (Lipinski definition) is 3. The zero-order chi connectivity index (χ0) is 9.05. The van der Waals surface area contributed by atoms with Crippen LogP contribution in [0.5, 0.6) is 0 Å². The summed E-state index contributed by atoms with van der Waals surface area (Å²) in [5, 5.41) is 0. The van der Waals surface area contributed by atoms with Crippen LogP contribution in [0.1, 0.15) is 25.7 Å². The molecule has 0 aromatic heterocycles. The lowest BCUT2D eigenvalue weighted by Crippen LogP contribution is -2.36. The molecule has 1 spiro atoms. The molecule has 0 amide bonds. The van der Waals surface area contributed by atoms with Gasteiger partial charge in [0.1, 0.15) is 12.4 Å². The summed E-state index contributed by atoms with van der Waals surface area (Å²) in [7, 11) is 0. The average molecular weight is 180 g/mol. The van der Waals surface area contributed by atoms with E-state index in [9.17, 15) is 9.59 Å². The Labute approximate surface area is 76.4 Å². The largest absolute Gasteiger partial charge is 0.464 e. The third kappa shape index (κ3) is 0.754. The Bertz CT molecular complexity index is 297. The highest BCUT2D eigenvalue weighted by Crippen LogP contribution is 2.55. The van der Waals surface area contributed by atoms with E-state index in [4.69, 9.17) is 4.74 Å². The molecule has 3 nitrogen and oxygen atoms in total. The third-order valence-corrected chi connectivity index (χ3v) is 3.97. The minimum Gasteiger partial charge on any atom is -0.464 e. The zero-order valence-electron chi connectivity index (χ0n) is 7.41. The van der Waals surface area contributed by atoms with Gasteiger partial charge in [0, 0.05) is 6.42 Å². The molecule has 1 saturated heterocycles. The van der Waals surface area contributed by atoms with E-state index < -0.39 is 0 Å². The fraction of sp³-hybridized carbons (Fsp3) is 0.800. The van der Waals surface area contributed by atoms with Crippen molar-refractivity contribution in [2.45, 2.75) is 25.7 Å². The van der Waals surface area contributed by atoms with E-state index in [0.717, 1.165) is 19.3 Å². The first-order valence-electron chi connectivity index (χ1n) is 4.92. The lowest BCUT2D eigenvalue weighted by Gasteiger charge is -2.29. The molecule has 70 valence electrons. The summed E-state index contributed by atoms with van der Waals surface area (Å²) in [4.78, 5) is 23.1. The number of carbonyl (C=O) groups is 2. The van der Waals surface area contributed by atoms with Crippen LogP contribution in [0.3, 0.4) is 0 Å². The number of ketones is 1. The second kappa shape index (κ2) is 2.14. The second-order valence-corrected chi connectivity index (χ2v) is 4.59. The molecule has 2 saturated carbocycles. The van der Waals surface area contributed by atoms with Gasteiger partial charge in [0.15, 0.2) is 0 Å². The first kappa shape index (κ1) is 7.54. The number of carbonyl (C=O) groups excluding carboxylic acids is 2. The van der Waals surface area contributed by atoms with Crippen LogP contribution in [-0.4, -0.2) is 18.4 Å². The lowest BCUT2D eigenvalue weighted by atomic mass is 9.69. The number of esters is 1. The highest BCUT2D eigenvalue weighted by Gasteiger charge is 2.61. The molecule has 1 heterocycles. The molecule has 0 N–H and O–H groups in total. The van der Waals surface area contributed by atoms with Gasteiger partial charge in [-0.2, -0.15) is 0 Å². The van der Waals surface area contributed by atoms with Gasteiger partial charge in [-0.05, 0) is 25.2 Å². The Morgan fingerprint density at radius 1 is 1.31 bits per heavy atom. The summed E-state index contributed by atoms with van der Waals surface area (Å²) >= 11 is 0. The van der Waals surface area contributed by atoms with Crippen LogP contribution in [0.2, 0.25) is 0 Å². The van der Waals surface area contributed by atoms with E-state index >= 15 is 0 Å². The minimum absolute atomic E-state index is 0.0984. The predicted molar refractivity (Wildman–Crippen MR) is 43.8 cm³/mol. The Morgan fingerprint density at radius 3 is 3.00 bits per heavy atom. The quantitative estimate of drug-likeness (QED) is 0.520. The molecule has 3 fully saturated rings. The zero-order valence-corrected chi connectivity index (χ0v) is 7.41. The number of rotatable bonds is 0. The summed E-state index contributed by atoms with van der Waals surface area (Å²) < 4.78 is 5.03. The van der Waals surface area contributed by atoms with Gasteiger partial charge in [-0.1, -0.05) is 0 Å². The molecule has 0 aromatic carbocycles. The van der Waals surface area contributed by atoms with Gasteiger partial charge in [0.2, 0.25) is 0 Å². The van der Waals surface area contributed by atoms with Crippen LogP contribution in [0, 0.1) is 17.3 Å². The molecule has 2 bridgehead atoms. The standard InChI is InChI=1S/C10H12O3/c11-8-3-6-1-2-7-9(12)13-5-10(7,8)4-6/h6-7H,1-5H2/t6-,7-,10-/m1/s1. The van der Waals surface area contributed by atoms with Crippen molar-refractivity contribution < 1.29 is 14.3 Å². The fourth-order valence-electron chi connectivity index (χ4n) is 3.27. The van der Waals surface area contributed by atoms with Crippen molar-refractivity contribution >= 4 is 11.8 Å². The first-order chi connectivity index (χ1) is 6.22. The number of ether oxygens (including phenoxy) is 1. The molecule has 0 radical (unpaired) electrons. The van der Waals surface area contributed by atoms with Crippen LogP contribution in [0.15, 0.2) is 0 Å². The van der Waals surface area contributed by atoms with E-state index in [1.807, 2.05) is 0 Å². The summed E-state index contributed by atoms with van der Waals surface area (Å²) in [5.41, 5.74) is -0.375. The van der Waals surface area contributed by atoms with Crippen LogP contribution in [0.25, 0.3) is 0 Å². The smallest absolute Gasteiger partial charge is 0.310 e. The monoisotopic (exact) mass is 180 g/mol. The van der Waals surface area contributed by atoms with Crippen LogP contribution in [0.4, 0.5) is 0 Å². The maximum atomic E-state index is 11.8. The van der Waals surface area contributed by atoms with Gasteiger partial charge in [0.25, 0.3) is 0 Å². The Morgan fingerprint density at radius 2 is 2.15 bits per heavy atom. The SMILES string of the molecule is O=C1OC[C@]23C[C@H](CC[C@H]12)CC3=O. The van der Waals surface area contributed by atoms with E-state index in [1.54, 1.807) is 0 Å². The van der Waals surface area contributed by atoms with Gasteiger partial charge in [0.05, 0.1) is 11.3 Å². The lowest BCUT2D eigenvalue weighted by molar-refractivity contribution is -0.142. The van der Waals surface area contributed by atoms with E-state index in [-0.39, 0.29) is 23.1 Å². The Hall–Kier alpha value is -0.860. The molecule has 3 aliphatic rings. The van der Waals surface area contributed by atoms with Crippen LogP contribution in [-0.2, 0) is 14.3 Å². The second-order valence-electron chi connectivity index (χ2n) is 4.59. The molecule has 0 aromatic rings. The molecule has 3 rings (SSSR count). The number of Topliss-reactive ketones (excluding diaryl/α,β-unsaturated/α-hetero) is 1. The normalized spacial score (nSPS) is 47.7. The molecule has 1 aliphatic heterocycles. The summed E-state index contributed by atoms with van der Waals surface area (Å²) in [5.74, 6) is 0.594. The summed E-state index contributed by atoms with van der Waals surface area (Å²) in [6.45, 7) is 0.367. The van der Waals surface area contributed by atoms with E-state index in [1.165, 1.54) is 0 Å². The van der Waals surface area contributed by atoms with Gasteiger partial charge >= 0.3 is 5.97 Å². The van der Waals surface area contributed by atoms with Crippen molar-refractivity contribution in [3.8, 4) is 0 Å². The van der Waals surface area contributed by atoms with Gasteiger partial charge < -0.3 is 4.74 Å². The van der Waals surface area contributed by atoms with E-state index in [0.29, 0.717) is 18.9 Å². The van der Waals surface area contributed by atoms with Crippen molar-refractivity contribution in [1.29, 1.82) is 0 Å². The maximum Gasteiger partial charge on any atom is 0.310 e. The van der Waals surface area contributed by atoms with Crippen molar-refractivity contribution in [3.63, 3.8) is 0 Å². The number of cyclic esters (lactones) is 1. The number of fused-ring (bicyclic) bond motifs is 1. The molecular formula is C10H12O3. The Kier molecular flexibility index (Phi) is 1.24. The summed E-state index contributed by atoms with van der Waals surface area (Å²) in [6, 6.07) is 0. The molecule has 0 unspecified atom stereocenters. The fourth-order valence-corrected chi connectivity index (χ4v) is 3.27. The predicted octanol–water partition coefficient (Wildman–Crippen LogP) is 0.919. The van der Waals surface area contributed by atoms with Crippen LogP contribution >= 0.6 is 0 Å². The van der Waals surface area contributed by atoms with Gasteiger partial charge in [-0.15, -0.1) is 0 Å².